The van der Waals surface area contributed by atoms with Gasteiger partial charge in [-0.15, -0.1) is 0 Å². The van der Waals surface area contributed by atoms with Gasteiger partial charge in [0, 0.05) is 32.4 Å². The maximum Gasteiger partial charge on any atom is 0.220 e. The van der Waals surface area contributed by atoms with E-state index < -0.39 is 0 Å². The third-order valence-corrected chi connectivity index (χ3v) is 3.09. The van der Waals surface area contributed by atoms with Gasteiger partial charge >= 0.3 is 0 Å². The van der Waals surface area contributed by atoms with Gasteiger partial charge in [-0.2, -0.15) is 0 Å². The Hall–Kier alpha value is -1.55. The minimum absolute atomic E-state index is 0.0988. The summed E-state index contributed by atoms with van der Waals surface area (Å²) in [6, 6.07) is 7.70. The first-order chi connectivity index (χ1) is 9.13. The maximum atomic E-state index is 11.8. The summed E-state index contributed by atoms with van der Waals surface area (Å²) in [7, 11) is 1.69. The standard InChI is InChI=1S/C15H24N2O2/c1-12(13-5-7-14(16)8-6-13)11-15(18)17-9-3-4-10-19-2/h5-8,12H,3-4,9-11,16H2,1-2H3,(H,17,18). The smallest absolute Gasteiger partial charge is 0.220 e. The second-order valence-electron chi connectivity index (χ2n) is 4.82. The van der Waals surface area contributed by atoms with Crippen molar-refractivity contribution < 1.29 is 9.53 Å². The maximum absolute atomic E-state index is 11.8. The lowest BCUT2D eigenvalue weighted by Crippen LogP contribution is -2.25. The molecule has 0 saturated heterocycles. The van der Waals surface area contributed by atoms with Crippen molar-refractivity contribution in [2.45, 2.75) is 32.1 Å². The zero-order chi connectivity index (χ0) is 14.1. The van der Waals surface area contributed by atoms with Gasteiger partial charge in [0.05, 0.1) is 0 Å². The molecule has 106 valence electrons. The fourth-order valence-corrected chi connectivity index (χ4v) is 1.89. The number of amides is 1. The van der Waals surface area contributed by atoms with Crippen LogP contribution < -0.4 is 11.1 Å². The molecule has 0 heterocycles. The molecule has 1 unspecified atom stereocenters. The lowest BCUT2D eigenvalue weighted by Gasteiger charge is -2.12. The summed E-state index contributed by atoms with van der Waals surface area (Å²) in [6.45, 7) is 3.52. The van der Waals surface area contributed by atoms with Crippen molar-refractivity contribution in [3.05, 3.63) is 29.8 Å². The number of nitrogen functional groups attached to an aromatic ring is 1. The number of carbonyl (C=O) groups is 1. The molecule has 1 atom stereocenters. The van der Waals surface area contributed by atoms with Crippen LogP contribution in [0, 0.1) is 0 Å². The predicted octanol–water partition coefficient (Wildman–Crippen LogP) is 2.31. The number of anilines is 1. The SMILES string of the molecule is COCCCCNC(=O)CC(C)c1ccc(N)cc1. The predicted molar refractivity (Wildman–Crippen MR) is 78.0 cm³/mol. The van der Waals surface area contributed by atoms with Crippen LogP contribution in [-0.4, -0.2) is 26.2 Å². The topological polar surface area (TPSA) is 64.3 Å². The molecule has 1 aromatic rings. The van der Waals surface area contributed by atoms with Gasteiger partial charge < -0.3 is 15.8 Å². The van der Waals surface area contributed by atoms with Gasteiger partial charge in [0.2, 0.25) is 5.91 Å². The number of carbonyl (C=O) groups excluding carboxylic acids is 1. The van der Waals surface area contributed by atoms with Crippen LogP contribution in [0.4, 0.5) is 5.69 Å². The van der Waals surface area contributed by atoms with Crippen molar-refractivity contribution >= 4 is 11.6 Å². The van der Waals surface area contributed by atoms with Crippen LogP contribution in [0.15, 0.2) is 24.3 Å². The van der Waals surface area contributed by atoms with E-state index in [0.717, 1.165) is 37.2 Å². The van der Waals surface area contributed by atoms with Crippen molar-refractivity contribution in [3.63, 3.8) is 0 Å². The van der Waals surface area contributed by atoms with Crippen LogP contribution in [0.5, 0.6) is 0 Å². The van der Waals surface area contributed by atoms with Crippen LogP contribution in [0.2, 0.25) is 0 Å². The molecule has 0 aliphatic carbocycles. The van der Waals surface area contributed by atoms with E-state index in [9.17, 15) is 4.79 Å². The monoisotopic (exact) mass is 264 g/mol. The Kier molecular flexibility index (Phi) is 6.97. The van der Waals surface area contributed by atoms with Crippen LogP contribution in [0.1, 0.15) is 37.7 Å². The Morgan fingerprint density at radius 3 is 2.63 bits per heavy atom. The Morgan fingerprint density at radius 2 is 2.00 bits per heavy atom. The second kappa shape index (κ2) is 8.53. The molecule has 1 aromatic carbocycles. The van der Waals surface area contributed by atoms with Crippen molar-refractivity contribution in [2.75, 3.05) is 26.0 Å². The summed E-state index contributed by atoms with van der Waals surface area (Å²) < 4.78 is 4.96. The summed E-state index contributed by atoms with van der Waals surface area (Å²) in [5.41, 5.74) is 7.54. The van der Waals surface area contributed by atoms with Crippen LogP contribution >= 0.6 is 0 Å². The molecule has 3 N–H and O–H groups in total. The molecule has 0 aliphatic heterocycles. The van der Waals surface area contributed by atoms with Crippen LogP contribution in [-0.2, 0) is 9.53 Å². The molecule has 0 fully saturated rings. The average Bonchev–Trinajstić information content (AvgIpc) is 2.39. The van der Waals surface area contributed by atoms with E-state index >= 15 is 0 Å². The molecule has 0 aliphatic rings. The molecule has 19 heavy (non-hydrogen) atoms. The highest BCUT2D eigenvalue weighted by Crippen LogP contribution is 2.19. The van der Waals surface area contributed by atoms with E-state index in [1.807, 2.05) is 24.3 Å². The Bertz CT molecular complexity index is 376. The van der Waals surface area contributed by atoms with Crippen molar-refractivity contribution in [2.24, 2.45) is 0 Å². The van der Waals surface area contributed by atoms with Gasteiger partial charge in [-0.3, -0.25) is 4.79 Å². The highest BCUT2D eigenvalue weighted by molar-refractivity contribution is 5.76. The molecule has 0 aromatic heterocycles. The summed E-state index contributed by atoms with van der Waals surface area (Å²) in [6.07, 6.45) is 2.44. The van der Waals surface area contributed by atoms with E-state index in [1.54, 1.807) is 7.11 Å². The number of hydrogen-bond acceptors (Lipinski definition) is 3. The van der Waals surface area contributed by atoms with Gasteiger partial charge in [-0.1, -0.05) is 19.1 Å². The molecule has 0 bridgehead atoms. The average molecular weight is 264 g/mol. The molecule has 4 nitrogen and oxygen atoms in total. The molecule has 1 amide bonds. The van der Waals surface area contributed by atoms with Gasteiger partial charge in [0.15, 0.2) is 0 Å². The zero-order valence-corrected chi connectivity index (χ0v) is 11.8. The molecule has 4 heteroatoms. The minimum Gasteiger partial charge on any atom is -0.399 e. The first-order valence-electron chi connectivity index (χ1n) is 6.74. The third-order valence-electron chi connectivity index (χ3n) is 3.09. The summed E-state index contributed by atoms with van der Waals surface area (Å²) in [5.74, 6) is 0.307. The van der Waals surface area contributed by atoms with Gasteiger partial charge in [-0.25, -0.2) is 0 Å². The largest absolute Gasteiger partial charge is 0.399 e. The number of methoxy groups -OCH3 is 1. The first-order valence-corrected chi connectivity index (χ1v) is 6.74. The van der Waals surface area contributed by atoms with E-state index in [4.69, 9.17) is 10.5 Å². The number of benzene rings is 1. The van der Waals surface area contributed by atoms with Gasteiger partial charge in [0.1, 0.15) is 0 Å². The first kappa shape index (κ1) is 15.5. The van der Waals surface area contributed by atoms with Crippen LogP contribution in [0.25, 0.3) is 0 Å². The highest BCUT2D eigenvalue weighted by Gasteiger charge is 2.10. The number of hydrogen-bond donors (Lipinski definition) is 2. The lowest BCUT2D eigenvalue weighted by atomic mass is 9.97. The third kappa shape index (κ3) is 6.25. The van der Waals surface area contributed by atoms with Gasteiger partial charge in [0.25, 0.3) is 0 Å². The van der Waals surface area contributed by atoms with Crippen molar-refractivity contribution in [1.82, 2.24) is 5.32 Å². The molecule has 0 saturated carbocycles. The summed E-state index contributed by atoms with van der Waals surface area (Å²) in [5, 5.41) is 2.93. The van der Waals surface area contributed by atoms with Crippen LogP contribution in [0.3, 0.4) is 0 Å². The minimum atomic E-state index is 0.0988. The normalized spacial score (nSPS) is 12.1. The number of nitrogens with two attached hydrogens (primary N) is 1. The highest BCUT2D eigenvalue weighted by atomic mass is 16.5. The number of nitrogens with one attached hydrogen (secondary N) is 1. The molecule has 0 radical (unpaired) electrons. The van der Waals surface area contributed by atoms with E-state index in [2.05, 4.69) is 12.2 Å². The van der Waals surface area contributed by atoms with Crippen molar-refractivity contribution in [3.8, 4) is 0 Å². The Labute approximate surface area is 115 Å². The number of rotatable bonds is 8. The Morgan fingerprint density at radius 1 is 1.32 bits per heavy atom. The molecule has 0 spiro atoms. The molecular formula is C15H24N2O2. The molecule has 1 rings (SSSR count). The fourth-order valence-electron chi connectivity index (χ4n) is 1.89. The lowest BCUT2D eigenvalue weighted by molar-refractivity contribution is -0.121. The molecular weight excluding hydrogens is 240 g/mol. The summed E-state index contributed by atoms with van der Waals surface area (Å²) in [4.78, 5) is 11.8. The quantitative estimate of drug-likeness (QED) is 0.559. The zero-order valence-electron chi connectivity index (χ0n) is 11.8. The summed E-state index contributed by atoms with van der Waals surface area (Å²) >= 11 is 0. The number of ether oxygens (including phenoxy) is 1. The Balaban J connectivity index is 2.26. The van der Waals surface area contributed by atoms with Crippen molar-refractivity contribution in [1.29, 1.82) is 0 Å². The van der Waals surface area contributed by atoms with E-state index in [1.165, 1.54) is 0 Å². The van der Waals surface area contributed by atoms with Gasteiger partial charge in [-0.05, 0) is 36.5 Å². The number of unbranched alkanes of at least 4 members (excludes halogenated alkanes) is 1. The van der Waals surface area contributed by atoms with E-state index in [-0.39, 0.29) is 11.8 Å². The van der Waals surface area contributed by atoms with E-state index in [0.29, 0.717) is 6.42 Å². The fraction of sp³-hybridized carbons (Fsp3) is 0.533. The second-order valence-corrected chi connectivity index (χ2v) is 4.82.